The number of hydrogen-bond acceptors (Lipinski definition) is 8. The quantitative estimate of drug-likeness (QED) is 0.489. The first kappa shape index (κ1) is 20.5. The van der Waals surface area contributed by atoms with E-state index in [1.165, 1.54) is 15.5 Å². The van der Waals surface area contributed by atoms with Crippen LogP contribution in [0.5, 0.6) is 0 Å². The lowest BCUT2D eigenvalue weighted by molar-refractivity contribution is -0.402. The van der Waals surface area contributed by atoms with Crippen LogP contribution in [0.3, 0.4) is 0 Å². The molecule has 29 heavy (non-hydrogen) atoms. The number of rotatable bonds is 7. The van der Waals surface area contributed by atoms with Gasteiger partial charge in [-0.1, -0.05) is 0 Å². The Morgan fingerprint density at radius 3 is 2.45 bits per heavy atom. The van der Waals surface area contributed by atoms with Crippen LogP contribution in [0.25, 0.3) is 0 Å². The van der Waals surface area contributed by atoms with Crippen molar-refractivity contribution in [1.82, 2.24) is 14.5 Å². The average Bonchev–Trinajstić information content (AvgIpc) is 3.39. The van der Waals surface area contributed by atoms with Gasteiger partial charge in [0.1, 0.15) is 4.92 Å². The van der Waals surface area contributed by atoms with E-state index in [0.717, 1.165) is 12.1 Å². The molecule has 1 N–H and O–H groups in total. The smallest absolute Gasteiger partial charge is 0.433 e. The maximum atomic E-state index is 12.4. The largest absolute Gasteiger partial charge is 0.459 e. The first-order valence-corrected chi connectivity index (χ1v) is 10.2. The fraction of sp³-hybridized carbons (Fsp3) is 0.375. The summed E-state index contributed by atoms with van der Waals surface area (Å²) < 4.78 is 36.0. The summed E-state index contributed by atoms with van der Waals surface area (Å²) >= 11 is 0. The molecule has 13 heteroatoms. The molecule has 2 amide bonds. The van der Waals surface area contributed by atoms with Gasteiger partial charge in [0.15, 0.2) is 11.5 Å². The molecule has 0 saturated carbocycles. The third kappa shape index (κ3) is 4.81. The molecule has 3 rings (SSSR count). The predicted molar refractivity (Wildman–Crippen MR) is 97.7 cm³/mol. The van der Waals surface area contributed by atoms with E-state index >= 15 is 0 Å². The Balaban J connectivity index is 1.47. The molecule has 156 valence electrons. The van der Waals surface area contributed by atoms with Crippen LogP contribution in [0.1, 0.15) is 21.1 Å². The van der Waals surface area contributed by atoms with E-state index in [2.05, 4.69) is 5.32 Å². The summed E-state index contributed by atoms with van der Waals surface area (Å²) in [5.41, 5.74) is 0. The summed E-state index contributed by atoms with van der Waals surface area (Å²) in [6.45, 7) is 0.518. The molecule has 2 aromatic rings. The van der Waals surface area contributed by atoms with Crippen LogP contribution in [0.4, 0.5) is 5.88 Å². The van der Waals surface area contributed by atoms with Gasteiger partial charge in [0.05, 0.1) is 18.1 Å². The fourth-order valence-corrected chi connectivity index (χ4v) is 4.12. The van der Waals surface area contributed by atoms with E-state index in [-0.39, 0.29) is 55.9 Å². The van der Waals surface area contributed by atoms with Crippen molar-refractivity contribution in [3.05, 3.63) is 52.2 Å². The first-order valence-electron chi connectivity index (χ1n) is 8.61. The highest BCUT2D eigenvalue weighted by Gasteiger charge is 2.30. The van der Waals surface area contributed by atoms with Crippen molar-refractivity contribution >= 4 is 27.7 Å². The van der Waals surface area contributed by atoms with Gasteiger partial charge in [-0.05, 0) is 18.2 Å². The molecule has 0 atom stereocenters. The normalized spacial score (nSPS) is 15.2. The molecule has 1 saturated heterocycles. The van der Waals surface area contributed by atoms with Crippen molar-refractivity contribution in [1.29, 1.82) is 0 Å². The minimum atomic E-state index is -3.65. The topological polar surface area (TPSA) is 156 Å². The lowest BCUT2D eigenvalue weighted by atomic mass is 10.3. The molecule has 0 aliphatic carbocycles. The predicted octanol–water partition coefficient (Wildman–Crippen LogP) is 0.298. The third-order valence-electron chi connectivity index (χ3n) is 4.29. The number of amides is 2. The van der Waals surface area contributed by atoms with E-state index < -0.39 is 26.7 Å². The molecule has 3 heterocycles. The Kier molecular flexibility index (Phi) is 5.98. The molecule has 2 aromatic heterocycles. The van der Waals surface area contributed by atoms with Crippen LogP contribution < -0.4 is 5.32 Å². The number of carbonyl (C=O) groups excluding carboxylic acids is 2. The van der Waals surface area contributed by atoms with E-state index in [0.29, 0.717) is 0 Å². The van der Waals surface area contributed by atoms with Gasteiger partial charge < -0.3 is 19.1 Å². The van der Waals surface area contributed by atoms with E-state index in [9.17, 15) is 28.1 Å². The van der Waals surface area contributed by atoms with Crippen LogP contribution in [0.15, 0.2) is 39.4 Å². The Hall–Kier alpha value is -3.19. The van der Waals surface area contributed by atoms with Crippen LogP contribution in [0, 0.1) is 10.1 Å². The standard InChI is InChI=1S/C16H18N4O8S/c21-15(12-3-4-14(28-12)20(23)24)17-5-11-29(25,26)19-8-6-18(7-9-19)16(22)13-2-1-10-27-13/h1-4,10H,5-9,11H2,(H,17,21). The summed E-state index contributed by atoms with van der Waals surface area (Å²) in [7, 11) is -3.65. The fourth-order valence-electron chi connectivity index (χ4n) is 2.78. The molecule has 0 spiro atoms. The Labute approximate surface area is 165 Å². The Morgan fingerprint density at radius 1 is 1.14 bits per heavy atom. The Morgan fingerprint density at radius 2 is 1.86 bits per heavy atom. The highest BCUT2D eigenvalue weighted by Crippen LogP contribution is 2.15. The molecule has 0 unspecified atom stereocenters. The third-order valence-corrected chi connectivity index (χ3v) is 6.16. The van der Waals surface area contributed by atoms with E-state index in [1.54, 1.807) is 12.1 Å². The van der Waals surface area contributed by atoms with Crippen molar-refractivity contribution in [2.24, 2.45) is 0 Å². The van der Waals surface area contributed by atoms with Crippen molar-refractivity contribution in [3.8, 4) is 0 Å². The summed E-state index contributed by atoms with van der Waals surface area (Å²) in [5, 5.41) is 12.9. The minimum absolute atomic E-state index is 0.132. The highest BCUT2D eigenvalue weighted by molar-refractivity contribution is 7.89. The van der Waals surface area contributed by atoms with Gasteiger partial charge >= 0.3 is 5.88 Å². The van der Waals surface area contributed by atoms with Crippen LogP contribution in [-0.4, -0.2) is 72.8 Å². The summed E-state index contributed by atoms with van der Waals surface area (Å²) in [5.74, 6) is -2.06. The number of nitrogens with one attached hydrogen (secondary N) is 1. The molecule has 1 aliphatic heterocycles. The van der Waals surface area contributed by atoms with Crippen LogP contribution in [0.2, 0.25) is 0 Å². The molecule has 0 radical (unpaired) electrons. The number of hydrogen-bond donors (Lipinski definition) is 1. The second-order valence-corrected chi connectivity index (χ2v) is 8.22. The second kappa shape index (κ2) is 8.45. The van der Waals surface area contributed by atoms with Crippen LogP contribution in [-0.2, 0) is 10.0 Å². The van der Waals surface area contributed by atoms with Crippen molar-refractivity contribution in [3.63, 3.8) is 0 Å². The number of sulfonamides is 1. The SMILES string of the molecule is O=C(NCCS(=O)(=O)N1CCN(C(=O)c2ccco2)CC1)c1ccc([N+](=O)[O-])o1. The molecular formula is C16H18N4O8S. The van der Waals surface area contributed by atoms with Crippen LogP contribution >= 0.6 is 0 Å². The van der Waals surface area contributed by atoms with Gasteiger partial charge in [-0.15, -0.1) is 0 Å². The molecular weight excluding hydrogens is 408 g/mol. The maximum Gasteiger partial charge on any atom is 0.433 e. The van der Waals surface area contributed by atoms with Gasteiger partial charge in [0.2, 0.25) is 10.0 Å². The van der Waals surface area contributed by atoms with E-state index in [4.69, 9.17) is 8.83 Å². The van der Waals surface area contributed by atoms with Gasteiger partial charge in [-0.25, -0.2) is 8.42 Å². The minimum Gasteiger partial charge on any atom is -0.459 e. The van der Waals surface area contributed by atoms with Crippen molar-refractivity contribution in [2.75, 3.05) is 38.5 Å². The first-order chi connectivity index (χ1) is 13.8. The zero-order chi connectivity index (χ0) is 21.0. The van der Waals surface area contributed by atoms with Gasteiger partial charge in [-0.3, -0.25) is 19.7 Å². The molecule has 1 aliphatic rings. The maximum absolute atomic E-state index is 12.4. The summed E-state index contributed by atoms with van der Waals surface area (Å²) in [6.07, 6.45) is 1.39. The van der Waals surface area contributed by atoms with Gasteiger partial charge in [0, 0.05) is 32.7 Å². The Bertz CT molecular complexity index is 990. The molecule has 0 bridgehead atoms. The number of furan rings is 2. The van der Waals surface area contributed by atoms with E-state index in [1.807, 2.05) is 0 Å². The van der Waals surface area contributed by atoms with Gasteiger partial charge in [0.25, 0.3) is 11.8 Å². The number of nitro groups is 1. The monoisotopic (exact) mass is 426 g/mol. The summed E-state index contributed by atoms with van der Waals surface area (Å²) in [6, 6.07) is 5.32. The highest BCUT2D eigenvalue weighted by atomic mass is 32.2. The number of nitrogens with zero attached hydrogens (tertiary/aromatic N) is 3. The lowest BCUT2D eigenvalue weighted by Gasteiger charge is -2.33. The van der Waals surface area contributed by atoms with Crippen molar-refractivity contribution < 1.29 is 31.8 Å². The summed E-state index contributed by atoms with van der Waals surface area (Å²) in [4.78, 5) is 35.4. The zero-order valence-electron chi connectivity index (χ0n) is 15.1. The van der Waals surface area contributed by atoms with Gasteiger partial charge in [-0.2, -0.15) is 4.31 Å². The molecule has 1 fully saturated rings. The zero-order valence-corrected chi connectivity index (χ0v) is 16.0. The number of carbonyl (C=O) groups is 2. The lowest BCUT2D eigenvalue weighted by Crippen LogP contribution is -2.51. The average molecular weight is 426 g/mol. The molecule has 12 nitrogen and oxygen atoms in total. The number of piperazine rings is 1. The second-order valence-electron chi connectivity index (χ2n) is 6.14. The van der Waals surface area contributed by atoms with Crippen molar-refractivity contribution in [2.45, 2.75) is 0 Å². The molecule has 0 aromatic carbocycles.